The highest BCUT2D eigenvalue weighted by Gasteiger charge is 2.46. The normalized spacial score (nSPS) is 19.2. The third-order valence-electron chi connectivity index (χ3n) is 5.90. The van der Waals surface area contributed by atoms with Gasteiger partial charge in [0.15, 0.2) is 0 Å². The van der Waals surface area contributed by atoms with Gasteiger partial charge in [-0.25, -0.2) is 0 Å². The Morgan fingerprint density at radius 1 is 1.16 bits per heavy atom. The van der Waals surface area contributed by atoms with Crippen LogP contribution in [0.3, 0.4) is 0 Å². The number of carbonyl (C=O) groups is 1. The van der Waals surface area contributed by atoms with Gasteiger partial charge >= 0.3 is 0 Å². The van der Waals surface area contributed by atoms with Gasteiger partial charge in [-0.05, 0) is 38.0 Å². The van der Waals surface area contributed by atoms with Gasteiger partial charge in [0.1, 0.15) is 17.5 Å². The summed E-state index contributed by atoms with van der Waals surface area (Å²) in [5.74, 6) is 0.508. The number of nitrogens with zero attached hydrogens (tertiary/aromatic N) is 1. The predicted octanol–water partition coefficient (Wildman–Crippen LogP) is 3.76. The minimum atomic E-state index is -1.10. The minimum absolute atomic E-state index is 0.217. The monoisotopic (exact) mass is 454 g/mol. The quantitative estimate of drug-likeness (QED) is 0.556. The van der Waals surface area contributed by atoms with Gasteiger partial charge in [0, 0.05) is 17.7 Å². The molecule has 3 aromatic rings. The zero-order chi connectivity index (χ0) is 22.9. The second-order valence-electron chi connectivity index (χ2n) is 8.62. The van der Waals surface area contributed by atoms with E-state index >= 15 is 0 Å². The van der Waals surface area contributed by atoms with E-state index in [-0.39, 0.29) is 23.5 Å². The van der Waals surface area contributed by atoms with E-state index < -0.39 is 17.7 Å². The lowest BCUT2D eigenvalue weighted by atomic mass is 9.86. The van der Waals surface area contributed by atoms with Crippen molar-refractivity contribution in [3.05, 3.63) is 76.1 Å². The van der Waals surface area contributed by atoms with Crippen LogP contribution in [0.1, 0.15) is 43.9 Å². The number of ether oxygens (including phenoxy) is 1. The second kappa shape index (κ2) is 8.96. The van der Waals surface area contributed by atoms with Crippen LogP contribution in [-0.2, 0) is 11.3 Å². The van der Waals surface area contributed by atoms with Crippen molar-refractivity contribution in [3.8, 4) is 5.75 Å². The number of alkyl halides is 1. The first-order chi connectivity index (χ1) is 15.3. The van der Waals surface area contributed by atoms with Crippen LogP contribution < -0.4 is 15.6 Å². The Morgan fingerprint density at radius 3 is 2.56 bits per heavy atom. The minimum Gasteiger partial charge on any atom is -0.484 e. The molecule has 1 amide bonds. The van der Waals surface area contributed by atoms with Crippen molar-refractivity contribution < 1.29 is 14.6 Å². The molecule has 1 aromatic heterocycles. The number of rotatable bonds is 6. The lowest BCUT2D eigenvalue weighted by Crippen LogP contribution is -2.55. The maximum atomic E-state index is 13.8. The number of carbonyl (C=O) groups excluding carboxylic acids is 1. The number of hydrogen-bond acceptors (Lipinski definition) is 4. The Labute approximate surface area is 191 Å². The van der Waals surface area contributed by atoms with Crippen LogP contribution in [0, 0.1) is 0 Å². The SMILES string of the molecule is CC1(C)Oc2c(c(=O)n(Cc3ccccc3)c3ccccc23)[C@H](NC(=O)CCCCl)[C@H]1O. The van der Waals surface area contributed by atoms with E-state index in [1.54, 1.807) is 18.4 Å². The number of fused-ring (bicyclic) bond motifs is 3. The average Bonchev–Trinajstić information content (AvgIpc) is 2.78. The Hall–Kier alpha value is -2.83. The van der Waals surface area contributed by atoms with Gasteiger partial charge in [-0.1, -0.05) is 42.5 Å². The van der Waals surface area contributed by atoms with Crippen molar-refractivity contribution in [2.45, 2.75) is 51.0 Å². The number of pyridine rings is 1. The summed E-state index contributed by atoms with van der Waals surface area (Å²) in [5.41, 5.74) is 0.683. The highest BCUT2D eigenvalue weighted by molar-refractivity contribution is 6.17. The van der Waals surface area contributed by atoms with Crippen molar-refractivity contribution in [1.29, 1.82) is 0 Å². The highest BCUT2D eigenvalue weighted by atomic mass is 35.5. The predicted molar refractivity (Wildman–Crippen MR) is 125 cm³/mol. The molecule has 0 saturated carbocycles. The number of aromatic nitrogens is 1. The summed E-state index contributed by atoms with van der Waals surface area (Å²) >= 11 is 5.73. The molecule has 0 fully saturated rings. The van der Waals surface area contributed by atoms with Crippen molar-refractivity contribution in [2.24, 2.45) is 0 Å². The molecule has 168 valence electrons. The smallest absolute Gasteiger partial charge is 0.260 e. The van der Waals surface area contributed by atoms with Crippen molar-refractivity contribution in [2.75, 3.05) is 5.88 Å². The summed E-state index contributed by atoms with van der Waals surface area (Å²) in [6.07, 6.45) is -0.373. The molecule has 6 nitrogen and oxygen atoms in total. The molecule has 0 aliphatic carbocycles. The number of aliphatic hydroxyl groups is 1. The first-order valence-electron chi connectivity index (χ1n) is 10.7. The van der Waals surface area contributed by atoms with Crippen LogP contribution in [0.25, 0.3) is 10.9 Å². The molecule has 2 atom stereocenters. The summed E-state index contributed by atoms with van der Waals surface area (Å²) in [7, 11) is 0. The fraction of sp³-hybridized carbons (Fsp3) is 0.360. The Bertz CT molecular complexity index is 1190. The Balaban J connectivity index is 1.91. The maximum absolute atomic E-state index is 13.8. The van der Waals surface area contributed by atoms with E-state index in [4.69, 9.17) is 16.3 Å². The number of amides is 1. The summed E-state index contributed by atoms with van der Waals surface area (Å²) in [6, 6.07) is 16.4. The van der Waals surface area contributed by atoms with Gasteiger partial charge in [0.2, 0.25) is 5.91 Å². The zero-order valence-corrected chi connectivity index (χ0v) is 18.9. The van der Waals surface area contributed by atoms with E-state index in [1.165, 1.54) is 0 Å². The van der Waals surface area contributed by atoms with Crippen LogP contribution in [0.5, 0.6) is 5.75 Å². The molecule has 0 saturated heterocycles. The molecule has 0 spiro atoms. The third-order valence-corrected chi connectivity index (χ3v) is 6.17. The Morgan fingerprint density at radius 2 is 1.84 bits per heavy atom. The molecule has 4 rings (SSSR count). The van der Waals surface area contributed by atoms with Gasteiger partial charge < -0.3 is 19.7 Å². The molecule has 1 aliphatic rings. The number of nitrogens with one attached hydrogen (secondary N) is 1. The van der Waals surface area contributed by atoms with E-state index in [1.807, 2.05) is 54.6 Å². The average molecular weight is 455 g/mol. The number of aliphatic hydroxyl groups excluding tert-OH is 1. The van der Waals surface area contributed by atoms with Crippen LogP contribution in [-0.4, -0.2) is 33.2 Å². The largest absolute Gasteiger partial charge is 0.484 e. The van der Waals surface area contributed by atoms with E-state index in [0.717, 1.165) is 16.5 Å². The van der Waals surface area contributed by atoms with E-state index in [9.17, 15) is 14.7 Å². The topological polar surface area (TPSA) is 80.6 Å². The first kappa shape index (κ1) is 22.4. The summed E-state index contributed by atoms with van der Waals surface area (Å²) in [4.78, 5) is 26.4. The molecule has 2 heterocycles. The van der Waals surface area contributed by atoms with Crippen LogP contribution in [0.4, 0.5) is 0 Å². The van der Waals surface area contributed by atoms with Crippen molar-refractivity contribution in [1.82, 2.24) is 9.88 Å². The molecular formula is C25H27ClN2O4. The molecular weight excluding hydrogens is 428 g/mol. The fourth-order valence-electron chi connectivity index (χ4n) is 4.21. The molecule has 1 aliphatic heterocycles. The molecule has 32 heavy (non-hydrogen) atoms. The number of halogens is 1. The summed E-state index contributed by atoms with van der Waals surface area (Å²) < 4.78 is 7.86. The van der Waals surface area contributed by atoms with Gasteiger partial charge in [0.05, 0.1) is 23.7 Å². The van der Waals surface area contributed by atoms with Gasteiger partial charge in [-0.15, -0.1) is 11.6 Å². The molecule has 2 aromatic carbocycles. The van der Waals surface area contributed by atoms with E-state index in [2.05, 4.69) is 5.32 Å². The highest BCUT2D eigenvalue weighted by Crippen LogP contribution is 2.42. The standard InChI is InChI=1S/C25H27ClN2O4/c1-25(2)23(30)21(27-19(29)13-8-14-26)20-22(32-25)17-11-6-7-12-18(17)28(24(20)31)15-16-9-4-3-5-10-16/h3-7,9-12,21,23,30H,8,13-15H2,1-2H3,(H,27,29)/t21-,23+/m0/s1. The van der Waals surface area contributed by atoms with Crippen molar-refractivity contribution in [3.63, 3.8) is 0 Å². The number of benzene rings is 2. The van der Waals surface area contributed by atoms with Crippen molar-refractivity contribution >= 4 is 28.4 Å². The fourth-order valence-corrected chi connectivity index (χ4v) is 4.35. The van der Waals surface area contributed by atoms with Gasteiger partial charge in [-0.2, -0.15) is 0 Å². The lowest BCUT2D eigenvalue weighted by Gasteiger charge is -2.42. The first-order valence-corrected chi connectivity index (χ1v) is 11.3. The lowest BCUT2D eigenvalue weighted by molar-refractivity contribution is -0.125. The summed E-state index contributed by atoms with van der Waals surface area (Å²) in [5, 5.41) is 14.7. The third kappa shape index (κ3) is 4.12. The summed E-state index contributed by atoms with van der Waals surface area (Å²) in [6.45, 7) is 3.87. The molecule has 0 bridgehead atoms. The van der Waals surface area contributed by atoms with Gasteiger partial charge in [-0.3, -0.25) is 9.59 Å². The number of para-hydroxylation sites is 1. The van der Waals surface area contributed by atoms with Crippen LogP contribution >= 0.6 is 11.6 Å². The molecule has 2 N–H and O–H groups in total. The second-order valence-corrected chi connectivity index (χ2v) is 9.00. The maximum Gasteiger partial charge on any atom is 0.260 e. The van der Waals surface area contributed by atoms with Gasteiger partial charge in [0.25, 0.3) is 5.56 Å². The Kier molecular flexibility index (Phi) is 6.26. The van der Waals surface area contributed by atoms with E-state index in [0.29, 0.717) is 24.6 Å². The molecule has 0 unspecified atom stereocenters. The molecule has 0 radical (unpaired) electrons. The van der Waals surface area contributed by atoms with Crippen LogP contribution in [0.2, 0.25) is 0 Å². The number of hydrogen-bond donors (Lipinski definition) is 2. The molecule has 7 heteroatoms. The van der Waals surface area contributed by atoms with Crippen LogP contribution in [0.15, 0.2) is 59.4 Å². The zero-order valence-electron chi connectivity index (χ0n) is 18.2.